The van der Waals surface area contributed by atoms with Gasteiger partial charge in [0.15, 0.2) is 0 Å². The SMILES string of the molecule is NC/C=C/c1ccc(OC2CCOC2)c(Cl)c1. The van der Waals surface area contributed by atoms with Crippen LogP contribution in [-0.4, -0.2) is 25.9 Å². The topological polar surface area (TPSA) is 44.5 Å². The van der Waals surface area contributed by atoms with Crippen LogP contribution in [-0.2, 0) is 4.74 Å². The minimum atomic E-state index is 0.123. The Bertz CT molecular complexity index is 400. The van der Waals surface area contributed by atoms with Gasteiger partial charge < -0.3 is 15.2 Å². The summed E-state index contributed by atoms with van der Waals surface area (Å²) in [5.74, 6) is 0.715. The molecule has 1 aromatic carbocycles. The van der Waals surface area contributed by atoms with E-state index in [-0.39, 0.29) is 6.10 Å². The van der Waals surface area contributed by atoms with E-state index in [0.717, 1.165) is 18.6 Å². The van der Waals surface area contributed by atoms with E-state index < -0.39 is 0 Å². The molecule has 0 saturated carbocycles. The third kappa shape index (κ3) is 3.46. The maximum absolute atomic E-state index is 6.16. The molecule has 4 heteroatoms. The summed E-state index contributed by atoms with van der Waals surface area (Å²) in [4.78, 5) is 0. The Labute approximate surface area is 106 Å². The first-order valence-electron chi connectivity index (χ1n) is 5.70. The molecule has 2 N–H and O–H groups in total. The van der Waals surface area contributed by atoms with Crippen LogP contribution in [0.1, 0.15) is 12.0 Å². The highest BCUT2D eigenvalue weighted by Gasteiger charge is 2.18. The van der Waals surface area contributed by atoms with Crippen molar-refractivity contribution in [1.82, 2.24) is 0 Å². The molecule has 1 saturated heterocycles. The summed E-state index contributed by atoms with van der Waals surface area (Å²) in [6.45, 7) is 1.93. The van der Waals surface area contributed by atoms with Gasteiger partial charge in [-0.05, 0) is 17.7 Å². The predicted molar refractivity (Wildman–Crippen MR) is 69.4 cm³/mol. The second-order valence-corrected chi connectivity index (χ2v) is 4.34. The Balaban J connectivity index is 2.05. The normalized spacial score (nSPS) is 20.0. The van der Waals surface area contributed by atoms with E-state index in [2.05, 4.69) is 0 Å². The molecule has 0 spiro atoms. The smallest absolute Gasteiger partial charge is 0.138 e. The lowest BCUT2D eigenvalue weighted by Crippen LogP contribution is -2.15. The fourth-order valence-electron chi connectivity index (χ4n) is 1.71. The van der Waals surface area contributed by atoms with Crippen molar-refractivity contribution < 1.29 is 9.47 Å². The molecule has 3 nitrogen and oxygen atoms in total. The number of hydrogen-bond acceptors (Lipinski definition) is 3. The fourth-order valence-corrected chi connectivity index (χ4v) is 1.94. The molecule has 2 rings (SSSR count). The number of ether oxygens (including phenoxy) is 2. The molecule has 0 bridgehead atoms. The highest BCUT2D eigenvalue weighted by Crippen LogP contribution is 2.28. The van der Waals surface area contributed by atoms with Crippen molar-refractivity contribution in [3.8, 4) is 5.75 Å². The minimum Gasteiger partial charge on any atom is -0.486 e. The minimum absolute atomic E-state index is 0.123. The zero-order valence-electron chi connectivity index (χ0n) is 9.56. The van der Waals surface area contributed by atoms with Gasteiger partial charge in [-0.2, -0.15) is 0 Å². The van der Waals surface area contributed by atoms with Crippen molar-refractivity contribution in [2.45, 2.75) is 12.5 Å². The molecule has 1 aliphatic rings. The maximum Gasteiger partial charge on any atom is 0.138 e. The summed E-state index contributed by atoms with van der Waals surface area (Å²) in [6.07, 6.45) is 4.87. The number of benzene rings is 1. The summed E-state index contributed by atoms with van der Waals surface area (Å²) in [5, 5.41) is 0.621. The molecule has 1 heterocycles. The Morgan fingerprint density at radius 3 is 3.06 bits per heavy atom. The van der Waals surface area contributed by atoms with Crippen LogP contribution in [0.5, 0.6) is 5.75 Å². The van der Waals surface area contributed by atoms with Crippen LogP contribution in [0.4, 0.5) is 0 Å². The van der Waals surface area contributed by atoms with Crippen LogP contribution >= 0.6 is 11.6 Å². The van der Waals surface area contributed by atoms with E-state index >= 15 is 0 Å². The van der Waals surface area contributed by atoms with E-state index in [0.29, 0.717) is 23.9 Å². The van der Waals surface area contributed by atoms with Crippen molar-refractivity contribution in [3.63, 3.8) is 0 Å². The van der Waals surface area contributed by atoms with Gasteiger partial charge in [0.05, 0.1) is 18.2 Å². The van der Waals surface area contributed by atoms with Gasteiger partial charge in [-0.3, -0.25) is 0 Å². The lowest BCUT2D eigenvalue weighted by Gasteiger charge is -2.13. The van der Waals surface area contributed by atoms with Gasteiger partial charge in [0.25, 0.3) is 0 Å². The first kappa shape index (κ1) is 12.4. The molecule has 17 heavy (non-hydrogen) atoms. The first-order chi connectivity index (χ1) is 8.29. The number of hydrogen-bond donors (Lipinski definition) is 1. The third-order valence-electron chi connectivity index (χ3n) is 2.58. The molecule has 1 aromatic rings. The monoisotopic (exact) mass is 253 g/mol. The Kier molecular flexibility index (Phi) is 4.42. The fraction of sp³-hybridized carbons (Fsp3) is 0.385. The molecular formula is C13H16ClNO2. The van der Waals surface area contributed by atoms with E-state index in [1.165, 1.54) is 0 Å². The van der Waals surface area contributed by atoms with Gasteiger partial charge in [0.1, 0.15) is 11.9 Å². The average molecular weight is 254 g/mol. The largest absolute Gasteiger partial charge is 0.486 e. The van der Waals surface area contributed by atoms with Crippen LogP contribution in [0.2, 0.25) is 5.02 Å². The molecule has 1 atom stereocenters. The second-order valence-electron chi connectivity index (χ2n) is 3.93. The molecular weight excluding hydrogens is 238 g/mol. The van der Waals surface area contributed by atoms with Crippen LogP contribution in [0.25, 0.3) is 6.08 Å². The predicted octanol–water partition coefficient (Wildman–Crippen LogP) is 2.48. The standard InChI is InChI=1S/C13H16ClNO2/c14-12-8-10(2-1-6-15)3-4-13(12)17-11-5-7-16-9-11/h1-4,8,11H,5-7,9,15H2/b2-1+. The van der Waals surface area contributed by atoms with Crippen molar-refractivity contribution in [1.29, 1.82) is 0 Å². The molecule has 0 radical (unpaired) electrons. The highest BCUT2D eigenvalue weighted by molar-refractivity contribution is 6.32. The summed E-state index contributed by atoms with van der Waals surface area (Å²) in [6, 6.07) is 5.72. The molecule has 1 unspecified atom stereocenters. The van der Waals surface area contributed by atoms with E-state index in [4.69, 9.17) is 26.8 Å². The van der Waals surface area contributed by atoms with Crippen molar-refractivity contribution in [2.24, 2.45) is 5.73 Å². The van der Waals surface area contributed by atoms with Crippen LogP contribution in [0.15, 0.2) is 24.3 Å². The van der Waals surface area contributed by atoms with Gasteiger partial charge in [0, 0.05) is 13.0 Å². The van der Waals surface area contributed by atoms with Gasteiger partial charge in [-0.1, -0.05) is 29.8 Å². The number of rotatable bonds is 4. The quantitative estimate of drug-likeness (QED) is 0.897. The molecule has 0 aliphatic carbocycles. The van der Waals surface area contributed by atoms with Gasteiger partial charge in [-0.15, -0.1) is 0 Å². The van der Waals surface area contributed by atoms with Crippen molar-refractivity contribution in [3.05, 3.63) is 34.9 Å². The summed E-state index contributed by atoms with van der Waals surface area (Å²) in [5.41, 5.74) is 6.42. The highest BCUT2D eigenvalue weighted by atomic mass is 35.5. The summed E-state index contributed by atoms with van der Waals surface area (Å²) >= 11 is 6.16. The van der Waals surface area contributed by atoms with Crippen LogP contribution in [0.3, 0.4) is 0 Å². The third-order valence-corrected chi connectivity index (χ3v) is 2.88. The second kappa shape index (κ2) is 6.05. The zero-order valence-corrected chi connectivity index (χ0v) is 10.3. The van der Waals surface area contributed by atoms with Gasteiger partial charge >= 0.3 is 0 Å². The molecule has 1 aliphatic heterocycles. The zero-order chi connectivity index (χ0) is 12.1. The average Bonchev–Trinajstić information content (AvgIpc) is 2.82. The van der Waals surface area contributed by atoms with Crippen molar-refractivity contribution in [2.75, 3.05) is 19.8 Å². The molecule has 0 aromatic heterocycles. The van der Waals surface area contributed by atoms with E-state index in [9.17, 15) is 0 Å². The summed E-state index contributed by atoms with van der Waals surface area (Å²) < 4.78 is 11.0. The lowest BCUT2D eigenvalue weighted by molar-refractivity contribution is 0.141. The van der Waals surface area contributed by atoms with E-state index in [1.54, 1.807) is 0 Å². The Morgan fingerprint density at radius 1 is 1.53 bits per heavy atom. The first-order valence-corrected chi connectivity index (χ1v) is 6.08. The van der Waals surface area contributed by atoms with Crippen molar-refractivity contribution >= 4 is 17.7 Å². The summed E-state index contributed by atoms with van der Waals surface area (Å²) in [7, 11) is 0. The molecule has 0 amide bonds. The number of nitrogens with two attached hydrogens (primary N) is 1. The molecule has 1 fully saturated rings. The van der Waals surface area contributed by atoms with E-state index in [1.807, 2.05) is 30.4 Å². The lowest BCUT2D eigenvalue weighted by atomic mass is 10.2. The number of halogens is 1. The maximum atomic E-state index is 6.16. The van der Waals surface area contributed by atoms with Crippen LogP contribution < -0.4 is 10.5 Å². The van der Waals surface area contributed by atoms with Gasteiger partial charge in [0.2, 0.25) is 0 Å². The van der Waals surface area contributed by atoms with Crippen LogP contribution in [0, 0.1) is 0 Å². The Morgan fingerprint density at radius 2 is 2.41 bits per heavy atom. The van der Waals surface area contributed by atoms with Gasteiger partial charge in [-0.25, -0.2) is 0 Å². The molecule has 92 valence electrons. The Hall–Kier alpha value is -1.03.